The molecule has 0 saturated carbocycles. The number of carbonyl (C=O) groups excluding carboxylic acids is 3. The lowest BCUT2D eigenvalue weighted by Gasteiger charge is -2.24. The minimum absolute atomic E-state index is 0.0319. The van der Waals surface area contributed by atoms with Crippen LogP contribution in [-0.4, -0.2) is 42.1 Å². The number of amides is 2. The number of rotatable bonds is 18. The van der Waals surface area contributed by atoms with Crippen molar-refractivity contribution in [1.82, 2.24) is 10.6 Å². The highest BCUT2D eigenvalue weighted by Gasteiger charge is 2.27. The number of aliphatic hydroxyl groups is 1. The molecule has 39 heavy (non-hydrogen) atoms. The maximum absolute atomic E-state index is 13.3. The van der Waals surface area contributed by atoms with E-state index in [2.05, 4.69) is 23.8 Å². The summed E-state index contributed by atoms with van der Waals surface area (Å²) in [6, 6.07) is 18.2. The van der Waals surface area contributed by atoms with E-state index in [0.29, 0.717) is 19.3 Å². The summed E-state index contributed by atoms with van der Waals surface area (Å²) in [5.74, 6) is -1.94. The molecule has 0 saturated heterocycles. The average Bonchev–Trinajstić information content (AvgIpc) is 2.95. The van der Waals surface area contributed by atoms with Gasteiger partial charge in [0.2, 0.25) is 11.8 Å². The van der Waals surface area contributed by atoms with Gasteiger partial charge in [0.25, 0.3) is 0 Å². The van der Waals surface area contributed by atoms with E-state index in [9.17, 15) is 19.5 Å². The fourth-order valence-electron chi connectivity index (χ4n) is 4.28. The lowest BCUT2D eigenvalue weighted by atomic mass is 9.94. The molecule has 2 aromatic carbocycles. The Kier molecular flexibility index (Phi) is 14.3. The van der Waals surface area contributed by atoms with Gasteiger partial charge in [-0.15, -0.1) is 13.2 Å². The van der Waals surface area contributed by atoms with Gasteiger partial charge < -0.3 is 20.5 Å². The summed E-state index contributed by atoms with van der Waals surface area (Å²) in [5.41, 5.74) is 1.85. The summed E-state index contributed by atoms with van der Waals surface area (Å²) >= 11 is 0. The number of nitrogens with one attached hydrogen (secondary N) is 2. The lowest BCUT2D eigenvalue weighted by Crippen LogP contribution is -2.41. The van der Waals surface area contributed by atoms with Crippen molar-refractivity contribution in [3.8, 4) is 0 Å². The number of carbonyl (C=O) groups is 3. The van der Waals surface area contributed by atoms with E-state index in [1.807, 2.05) is 66.7 Å². The molecule has 2 aromatic rings. The third kappa shape index (κ3) is 11.7. The van der Waals surface area contributed by atoms with E-state index in [1.165, 1.54) is 0 Å². The third-order valence-electron chi connectivity index (χ3n) is 6.46. The smallest absolute Gasteiger partial charge is 0.309 e. The maximum atomic E-state index is 13.3. The summed E-state index contributed by atoms with van der Waals surface area (Å²) in [7, 11) is 0. The molecule has 210 valence electrons. The first-order chi connectivity index (χ1) is 18.9. The van der Waals surface area contributed by atoms with Crippen LogP contribution in [0.15, 0.2) is 86.0 Å². The Labute approximate surface area is 232 Å². The topological polar surface area (TPSA) is 105 Å². The van der Waals surface area contributed by atoms with E-state index in [-0.39, 0.29) is 43.3 Å². The van der Waals surface area contributed by atoms with Crippen LogP contribution in [0.1, 0.15) is 56.2 Å². The lowest BCUT2D eigenvalue weighted by molar-refractivity contribution is -0.150. The molecule has 0 bridgehead atoms. The highest BCUT2D eigenvalue weighted by molar-refractivity contribution is 5.86. The minimum Gasteiger partial charge on any atom is -0.463 e. The number of ether oxygens (including phenoxy) is 1. The highest BCUT2D eigenvalue weighted by atomic mass is 16.5. The Morgan fingerprint density at radius 3 is 2.23 bits per heavy atom. The van der Waals surface area contributed by atoms with Gasteiger partial charge in [0.05, 0.1) is 24.5 Å². The van der Waals surface area contributed by atoms with Crippen LogP contribution in [0, 0.1) is 11.8 Å². The van der Waals surface area contributed by atoms with Gasteiger partial charge >= 0.3 is 5.97 Å². The number of hydrogen-bond acceptors (Lipinski definition) is 5. The van der Waals surface area contributed by atoms with Gasteiger partial charge in [-0.25, -0.2) is 0 Å². The molecule has 0 aliphatic heterocycles. The molecule has 2 rings (SSSR count). The largest absolute Gasteiger partial charge is 0.463 e. The fourth-order valence-corrected chi connectivity index (χ4v) is 4.28. The molecule has 0 aliphatic rings. The maximum Gasteiger partial charge on any atom is 0.309 e. The summed E-state index contributed by atoms with van der Waals surface area (Å²) < 4.78 is 5.81. The molecular formula is C32H42N2O5. The van der Waals surface area contributed by atoms with Crippen molar-refractivity contribution in [2.75, 3.05) is 13.2 Å². The number of allylic oxidation sites excluding steroid dienone is 2. The average molecular weight is 535 g/mol. The molecule has 0 radical (unpaired) electrons. The molecular weight excluding hydrogens is 492 g/mol. The fraction of sp³-hybridized carbons (Fsp3) is 0.406. The second-order valence-corrected chi connectivity index (χ2v) is 9.78. The molecule has 7 heteroatoms. The van der Waals surface area contributed by atoms with Crippen LogP contribution < -0.4 is 10.6 Å². The SMILES string of the molecule is C=CCCCC(Cc1ccccc1)C(=O)OCC(NC(=O)C(CC=C)CC(=O)NC(C)CO)c1ccccc1. The van der Waals surface area contributed by atoms with E-state index in [0.717, 1.165) is 24.0 Å². The first kappa shape index (κ1) is 31.5. The van der Waals surface area contributed by atoms with Gasteiger partial charge in [-0.3, -0.25) is 14.4 Å². The second-order valence-electron chi connectivity index (χ2n) is 9.78. The zero-order valence-corrected chi connectivity index (χ0v) is 22.9. The Morgan fingerprint density at radius 2 is 1.62 bits per heavy atom. The summed E-state index contributed by atoms with van der Waals surface area (Å²) in [6.45, 7) is 8.95. The number of aliphatic hydroxyl groups excluding tert-OH is 1. The zero-order chi connectivity index (χ0) is 28.5. The summed E-state index contributed by atoms with van der Waals surface area (Å²) in [5, 5.41) is 14.9. The van der Waals surface area contributed by atoms with Crippen LogP contribution >= 0.6 is 0 Å². The number of unbranched alkanes of at least 4 members (excludes halogenated alkanes) is 1. The minimum atomic E-state index is -0.653. The van der Waals surface area contributed by atoms with E-state index >= 15 is 0 Å². The van der Waals surface area contributed by atoms with Crippen molar-refractivity contribution in [3.63, 3.8) is 0 Å². The molecule has 4 unspecified atom stereocenters. The quantitative estimate of drug-likeness (QED) is 0.146. The van der Waals surface area contributed by atoms with Crippen LogP contribution in [-0.2, 0) is 25.5 Å². The summed E-state index contributed by atoms with van der Waals surface area (Å²) in [6.07, 6.45) is 6.58. The first-order valence-electron chi connectivity index (χ1n) is 13.6. The van der Waals surface area contributed by atoms with Gasteiger partial charge in [0.1, 0.15) is 6.61 Å². The standard InChI is InChI=1S/C32H42N2O5/c1-4-6-9-19-28(20-25-15-10-7-11-16-25)32(38)39-23-29(26-17-12-8-13-18-26)34-31(37)27(14-5-2)21-30(36)33-24(3)22-35/h4-5,7-8,10-13,15-18,24,27-29,35H,1-2,6,9,14,19-23H2,3H3,(H,33,36)(H,34,37). The van der Waals surface area contributed by atoms with Gasteiger partial charge in [-0.2, -0.15) is 0 Å². The second kappa shape index (κ2) is 17.7. The molecule has 0 fully saturated rings. The first-order valence-corrected chi connectivity index (χ1v) is 13.6. The third-order valence-corrected chi connectivity index (χ3v) is 6.46. The number of hydrogen-bond donors (Lipinski definition) is 3. The molecule has 0 spiro atoms. The van der Waals surface area contributed by atoms with Crippen LogP contribution in [0.5, 0.6) is 0 Å². The van der Waals surface area contributed by atoms with Crippen LogP contribution in [0.4, 0.5) is 0 Å². The van der Waals surface area contributed by atoms with Crippen molar-refractivity contribution in [1.29, 1.82) is 0 Å². The number of benzene rings is 2. The van der Waals surface area contributed by atoms with Gasteiger partial charge in [0.15, 0.2) is 0 Å². The van der Waals surface area contributed by atoms with Crippen molar-refractivity contribution in [2.24, 2.45) is 11.8 Å². The summed E-state index contributed by atoms with van der Waals surface area (Å²) in [4.78, 5) is 38.9. The molecule has 2 amide bonds. The molecule has 4 atom stereocenters. The molecule has 0 heterocycles. The van der Waals surface area contributed by atoms with Gasteiger partial charge in [-0.1, -0.05) is 72.8 Å². The highest BCUT2D eigenvalue weighted by Crippen LogP contribution is 2.21. The van der Waals surface area contributed by atoms with Crippen molar-refractivity contribution < 1.29 is 24.2 Å². The monoisotopic (exact) mass is 534 g/mol. The Hall–Kier alpha value is -3.71. The van der Waals surface area contributed by atoms with E-state index < -0.39 is 18.0 Å². The Morgan fingerprint density at radius 1 is 0.949 bits per heavy atom. The van der Waals surface area contributed by atoms with Crippen LogP contribution in [0.25, 0.3) is 0 Å². The van der Waals surface area contributed by atoms with Crippen LogP contribution in [0.2, 0.25) is 0 Å². The van der Waals surface area contributed by atoms with E-state index in [4.69, 9.17) is 4.74 Å². The van der Waals surface area contributed by atoms with Gasteiger partial charge in [0, 0.05) is 12.5 Å². The molecule has 0 aliphatic carbocycles. The van der Waals surface area contributed by atoms with E-state index in [1.54, 1.807) is 13.0 Å². The van der Waals surface area contributed by atoms with Gasteiger partial charge in [-0.05, 0) is 50.2 Å². The van der Waals surface area contributed by atoms with Crippen molar-refractivity contribution in [2.45, 2.75) is 57.5 Å². The zero-order valence-electron chi connectivity index (χ0n) is 22.9. The Balaban J connectivity index is 2.13. The predicted octanol–water partition coefficient (Wildman–Crippen LogP) is 4.68. The normalized spacial score (nSPS) is 13.8. The molecule has 3 N–H and O–H groups in total. The Bertz CT molecular complexity index is 1040. The predicted molar refractivity (Wildman–Crippen MR) is 154 cm³/mol. The van der Waals surface area contributed by atoms with Crippen molar-refractivity contribution >= 4 is 17.8 Å². The molecule has 7 nitrogen and oxygen atoms in total. The van der Waals surface area contributed by atoms with Crippen LogP contribution in [0.3, 0.4) is 0 Å². The van der Waals surface area contributed by atoms with Crippen molar-refractivity contribution in [3.05, 3.63) is 97.1 Å². The molecule has 0 aromatic heterocycles. The number of esters is 1.